The monoisotopic (exact) mass is 363 g/mol. The zero-order valence-corrected chi connectivity index (χ0v) is 13.1. The van der Waals surface area contributed by atoms with Gasteiger partial charge in [-0.3, -0.25) is 0 Å². The van der Waals surface area contributed by atoms with Gasteiger partial charge in [0.1, 0.15) is 10.7 Å². The van der Waals surface area contributed by atoms with Crippen LogP contribution in [0.4, 0.5) is 17.6 Å². The molecule has 5 nitrogen and oxygen atoms in total. The van der Waals surface area contributed by atoms with Gasteiger partial charge in [0.15, 0.2) is 5.69 Å². The lowest BCUT2D eigenvalue weighted by Gasteiger charge is -2.15. The molecule has 1 aliphatic rings. The van der Waals surface area contributed by atoms with Crippen LogP contribution < -0.4 is 5.14 Å². The lowest BCUT2D eigenvalue weighted by molar-refractivity contribution is -0.142. The Morgan fingerprint density at radius 1 is 1.17 bits per heavy atom. The maximum Gasteiger partial charge on any atom is 0.435 e. The Morgan fingerprint density at radius 3 is 2.42 bits per heavy atom. The van der Waals surface area contributed by atoms with E-state index in [0.29, 0.717) is 25.0 Å². The molecule has 0 saturated heterocycles. The fourth-order valence-electron chi connectivity index (χ4n) is 2.89. The van der Waals surface area contributed by atoms with Crippen molar-refractivity contribution in [2.75, 3.05) is 0 Å². The van der Waals surface area contributed by atoms with Crippen LogP contribution in [0.15, 0.2) is 23.1 Å². The zero-order chi connectivity index (χ0) is 17.7. The van der Waals surface area contributed by atoms with Crippen molar-refractivity contribution >= 4 is 10.0 Å². The summed E-state index contributed by atoms with van der Waals surface area (Å²) in [6, 6.07) is 2.93. The number of benzene rings is 1. The molecule has 0 spiro atoms. The van der Waals surface area contributed by atoms with Crippen molar-refractivity contribution in [1.29, 1.82) is 0 Å². The number of hydrogen-bond acceptors (Lipinski definition) is 3. The highest BCUT2D eigenvalue weighted by Gasteiger charge is 2.39. The topological polar surface area (TPSA) is 78.0 Å². The Balaban J connectivity index is 2.17. The Hall–Kier alpha value is -1.94. The van der Waals surface area contributed by atoms with Crippen LogP contribution in [0.1, 0.15) is 29.8 Å². The van der Waals surface area contributed by atoms with Crippen molar-refractivity contribution < 1.29 is 26.0 Å². The molecule has 1 aromatic carbocycles. The van der Waals surface area contributed by atoms with E-state index in [0.717, 1.165) is 16.8 Å². The van der Waals surface area contributed by atoms with Crippen LogP contribution in [-0.4, -0.2) is 18.2 Å². The van der Waals surface area contributed by atoms with Crippen LogP contribution in [0.3, 0.4) is 0 Å². The van der Waals surface area contributed by atoms with E-state index in [1.807, 2.05) is 0 Å². The van der Waals surface area contributed by atoms with E-state index >= 15 is 0 Å². The van der Waals surface area contributed by atoms with Gasteiger partial charge in [0.25, 0.3) is 0 Å². The van der Waals surface area contributed by atoms with E-state index in [4.69, 9.17) is 5.14 Å². The Labute approximate surface area is 135 Å². The Morgan fingerprint density at radius 2 is 1.83 bits per heavy atom. The van der Waals surface area contributed by atoms with Gasteiger partial charge in [0.2, 0.25) is 10.0 Å². The largest absolute Gasteiger partial charge is 0.435 e. The number of rotatable bonds is 2. The fraction of sp³-hybridized carbons (Fsp3) is 0.357. The highest BCUT2D eigenvalue weighted by molar-refractivity contribution is 7.89. The quantitative estimate of drug-likeness (QED) is 0.833. The number of hydrogen-bond donors (Lipinski definition) is 1. The van der Waals surface area contributed by atoms with E-state index in [9.17, 15) is 26.0 Å². The summed E-state index contributed by atoms with van der Waals surface area (Å²) in [6.45, 7) is 0. The maximum atomic E-state index is 14.0. The molecule has 0 amide bonds. The molecular weight excluding hydrogens is 350 g/mol. The van der Waals surface area contributed by atoms with Crippen molar-refractivity contribution in [2.45, 2.75) is 36.8 Å². The molecule has 0 atom stereocenters. The van der Waals surface area contributed by atoms with Crippen molar-refractivity contribution in [3.63, 3.8) is 0 Å². The molecule has 0 fully saturated rings. The lowest BCUT2D eigenvalue weighted by atomic mass is 9.95. The fourth-order valence-corrected chi connectivity index (χ4v) is 3.48. The van der Waals surface area contributed by atoms with Gasteiger partial charge in [-0.15, -0.1) is 0 Å². The predicted octanol–water partition coefficient (Wildman–Crippen LogP) is 2.56. The van der Waals surface area contributed by atoms with Gasteiger partial charge in [0, 0.05) is 17.3 Å². The number of fused-ring (bicyclic) bond motifs is 1. The van der Waals surface area contributed by atoms with Gasteiger partial charge in [-0.1, -0.05) is 0 Å². The highest BCUT2D eigenvalue weighted by atomic mass is 32.2. The Kier molecular flexibility index (Phi) is 3.91. The third-order valence-corrected chi connectivity index (χ3v) is 4.86. The smallest absolute Gasteiger partial charge is 0.237 e. The van der Waals surface area contributed by atoms with Gasteiger partial charge in [-0.2, -0.15) is 18.3 Å². The zero-order valence-electron chi connectivity index (χ0n) is 12.3. The van der Waals surface area contributed by atoms with Gasteiger partial charge in [-0.05, 0) is 37.8 Å². The molecular formula is C14H13F4N3O2S. The molecule has 0 aliphatic heterocycles. The molecule has 2 aromatic rings. The second-order valence-electron chi connectivity index (χ2n) is 5.55. The molecule has 130 valence electrons. The molecule has 2 N–H and O–H groups in total. The molecule has 1 heterocycles. The number of aromatic nitrogens is 2. The number of halogens is 4. The van der Waals surface area contributed by atoms with Gasteiger partial charge < -0.3 is 0 Å². The molecule has 1 aliphatic carbocycles. The SMILES string of the molecule is NS(=O)(=O)c1ccc(-n2nc(C(F)(F)F)c3c2CCCC3)cc1F. The minimum Gasteiger partial charge on any atom is -0.237 e. The summed E-state index contributed by atoms with van der Waals surface area (Å²) in [6.07, 6.45) is -2.64. The number of nitrogens with two attached hydrogens (primary N) is 1. The van der Waals surface area contributed by atoms with Crippen LogP contribution in [-0.2, 0) is 29.0 Å². The minimum absolute atomic E-state index is 0.0218. The van der Waals surface area contributed by atoms with Crippen molar-refractivity contribution in [2.24, 2.45) is 5.14 Å². The van der Waals surface area contributed by atoms with E-state index in [-0.39, 0.29) is 17.7 Å². The molecule has 3 rings (SSSR count). The first-order valence-electron chi connectivity index (χ1n) is 7.10. The first-order valence-corrected chi connectivity index (χ1v) is 8.64. The highest BCUT2D eigenvalue weighted by Crippen LogP contribution is 2.37. The van der Waals surface area contributed by atoms with Crippen LogP contribution in [0.5, 0.6) is 0 Å². The second kappa shape index (κ2) is 5.55. The van der Waals surface area contributed by atoms with Gasteiger partial charge in [-0.25, -0.2) is 22.6 Å². The summed E-state index contributed by atoms with van der Waals surface area (Å²) in [5, 5.41) is 8.49. The van der Waals surface area contributed by atoms with Gasteiger partial charge in [0.05, 0.1) is 5.69 Å². The summed E-state index contributed by atoms with van der Waals surface area (Å²) < 4.78 is 77.0. The third-order valence-electron chi connectivity index (χ3n) is 3.92. The predicted molar refractivity (Wildman–Crippen MR) is 76.5 cm³/mol. The summed E-state index contributed by atoms with van der Waals surface area (Å²) in [4.78, 5) is -0.719. The first kappa shape index (κ1) is 16.9. The molecule has 0 saturated carbocycles. The standard InChI is InChI=1S/C14H13F4N3O2S/c15-10-7-8(5-6-12(10)24(19,22)23)21-11-4-2-1-3-9(11)13(20-21)14(16,17)18/h5-7H,1-4H2,(H2,19,22,23). The summed E-state index contributed by atoms with van der Waals surface area (Å²) >= 11 is 0. The summed E-state index contributed by atoms with van der Waals surface area (Å²) in [5.41, 5.74) is -0.470. The third kappa shape index (κ3) is 2.91. The number of sulfonamides is 1. The van der Waals surface area contributed by atoms with Gasteiger partial charge >= 0.3 is 6.18 Å². The van der Waals surface area contributed by atoms with Crippen molar-refractivity contribution in [1.82, 2.24) is 9.78 Å². The number of alkyl halides is 3. The van der Waals surface area contributed by atoms with Crippen LogP contribution in [0.2, 0.25) is 0 Å². The van der Waals surface area contributed by atoms with E-state index in [2.05, 4.69) is 5.10 Å². The van der Waals surface area contributed by atoms with E-state index in [1.165, 1.54) is 6.07 Å². The molecule has 0 radical (unpaired) electrons. The molecule has 0 bridgehead atoms. The lowest BCUT2D eigenvalue weighted by Crippen LogP contribution is -2.15. The second-order valence-corrected chi connectivity index (χ2v) is 7.08. The molecule has 10 heteroatoms. The van der Waals surface area contributed by atoms with Crippen molar-refractivity contribution in [3.05, 3.63) is 41.0 Å². The molecule has 0 unspecified atom stereocenters. The van der Waals surface area contributed by atoms with Crippen molar-refractivity contribution in [3.8, 4) is 5.69 Å². The average molecular weight is 363 g/mol. The van der Waals surface area contributed by atoms with Crippen LogP contribution in [0, 0.1) is 5.82 Å². The normalized spacial score (nSPS) is 15.4. The summed E-state index contributed by atoms with van der Waals surface area (Å²) in [7, 11) is -4.25. The van der Waals surface area contributed by atoms with Crippen LogP contribution >= 0.6 is 0 Å². The Bertz CT molecular complexity index is 903. The maximum absolute atomic E-state index is 14.0. The average Bonchev–Trinajstić information content (AvgIpc) is 2.85. The number of nitrogens with zero attached hydrogens (tertiary/aromatic N) is 2. The van der Waals surface area contributed by atoms with Crippen LogP contribution in [0.25, 0.3) is 5.69 Å². The minimum atomic E-state index is -4.61. The number of primary sulfonamides is 1. The first-order chi connectivity index (χ1) is 11.1. The van der Waals surface area contributed by atoms with E-state index in [1.54, 1.807) is 0 Å². The molecule has 24 heavy (non-hydrogen) atoms. The van der Waals surface area contributed by atoms with E-state index < -0.39 is 32.6 Å². The summed E-state index contributed by atoms with van der Waals surface area (Å²) in [5.74, 6) is -1.14. The molecule has 1 aromatic heterocycles.